The number of nitrogens with one attached hydrogen (secondary N) is 1. The lowest BCUT2D eigenvalue weighted by Crippen LogP contribution is -2.11. The first kappa shape index (κ1) is 14.0. The summed E-state index contributed by atoms with van der Waals surface area (Å²) in [6, 6.07) is 12.3. The number of aryl methyl sites for hydroxylation is 1. The molecular weight excluding hydrogens is 309 g/mol. The Labute approximate surface area is 131 Å². The Bertz CT molecular complexity index is 839. The van der Waals surface area contributed by atoms with Crippen LogP contribution in [0.4, 0.5) is 5.69 Å². The van der Waals surface area contributed by atoms with Crippen LogP contribution in [0.5, 0.6) is 0 Å². The van der Waals surface area contributed by atoms with Crippen molar-refractivity contribution in [1.29, 1.82) is 0 Å². The molecule has 0 fully saturated rings. The van der Waals surface area contributed by atoms with E-state index in [0.29, 0.717) is 21.3 Å². The Hall–Kier alpha value is -1.97. The quantitative estimate of drug-likeness (QED) is 0.696. The normalized spacial score (nSPS) is 10.8. The molecule has 21 heavy (non-hydrogen) atoms. The number of fused-ring (bicyclic) bond motifs is 1. The molecule has 0 aliphatic carbocycles. The molecule has 0 saturated heterocycles. The molecule has 0 aliphatic rings. The van der Waals surface area contributed by atoms with Gasteiger partial charge in [0.2, 0.25) is 0 Å². The number of carbonyl (C=O) groups excluding carboxylic acids is 1. The van der Waals surface area contributed by atoms with Gasteiger partial charge < -0.3 is 9.73 Å². The average Bonchev–Trinajstić information content (AvgIpc) is 2.86. The van der Waals surface area contributed by atoms with Gasteiger partial charge in [-0.15, -0.1) is 0 Å². The molecule has 0 bridgehead atoms. The zero-order chi connectivity index (χ0) is 15.0. The van der Waals surface area contributed by atoms with Crippen LogP contribution in [0.15, 0.2) is 46.9 Å². The van der Waals surface area contributed by atoms with E-state index >= 15 is 0 Å². The van der Waals surface area contributed by atoms with Crippen molar-refractivity contribution in [2.24, 2.45) is 0 Å². The van der Waals surface area contributed by atoms with Crippen LogP contribution in [0.3, 0.4) is 0 Å². The van der Waals surface area contributed by atoms with Crippen molar-refractivity contribution >= 4 is 45.8 Å². The lowest BCUT2D eigenvalue weighted by atomic mass is 10.2. The number of rotatable bonds is 2. The second-order valence-electron chi connectivity index (χ2n) is 4.73. The summed E-state index contributed by atoms with van der Waals surface area (Å²) in [6.07, 6.45) is 0. The Morgan fingerprint density at radius 2 is 1.90 bits per heavy atom. The lowest BCUT2D eigenvalue weighted by molar-refractivity contribution is 0.0998. The molecule has 5 heteroatoms. The number of carbonyl (C=O) groups is 1. The summed E-state index contributed by atoms with van der Waals surface area (Å²) in [7, 11) is 0. The molecule has 0 radical (unpaired) electrons. The van der Waals surface area contributed by atoms with Crippen LogP contribution < -0.4 is 5.32 Å². The Balaban J connectivity index is 1.91. The number of hydrogen-bond acceptors (Lipinski definition) is 2. The van der Waals surface area contributed by atoms with Crippen LogP contribution in [0, 0.1) is 6.92 Å². The van der Waals surface area contributed by atoms with Gasteiger partial charge in [0.15, 0.2) is 5.76 Å². The predicted octanol–water partition coefficient (Wildman–Crippen LogP) is 5.30. The third-order valence-corrected chi connectivity index (χ3v) is 3.64. The van der Waals surface area contributed by atoms with E-state index in [9.17, 15) is 4.79 Å². The predicted molar refractivity (Wildman–Crippen MR) is 85.4 cm³/mol. The van der Waals surface area contributed by atoms with Crippen molar-refractivity contribution in [2.75, 3.05) is 5.32 Å². The van der Waals surface area contributed by atoms with Gasteiger partial charge in [0.1, 0.15) is 5.58 Å². The van der Waals surface area contributed by atoms with E-state index in [1.54, 1.807) is 24.3 Å². The van der Waals surface area contributed by atoms with Crippen molar-refractivity contribution in [3.8, 4) is 0 Å². The zero-order valence-corrected chi connectivity index (χ0v) is 12.6. The molecule has 0 saturated carbocycles. The highest BCUT2D eigenvalue weighted by Crippen LogP contribution is 2.27. The van der Waals surface area contributed by atoms with Crippen LogP contribution in [0.25, 0.3) is 11.0 Å². The fourth-order valence-corrected chi connectivity index (χ4v) is 2.36. The molecule has 0 atom stereocenters. The van der Waals surface area contributed by atoms with Gasteiger partial charge in [-0.3, -0.25) is 4.79 Å². The smallest absolute Gasteiger partial charge is 0.291 e. The number of halogens is 2. The highest BCUT2D eigenvalue weighted by Gasteiger charge is 2.14. The van der Waals surface area contributed by atoms with Gasteiger partial charge in [-0.2, -0.15) is 0 Å². The van der Waals surface area contributed by atoms with Gasteiger partial charge in [0.25, 0.3) is 5.91 Å². The minimum Gasteiger partial charge on any atom is -0.451 e. The minimum absolute atomic E-state index is 0.228. The standard InChI is InChI=1S/C16H11Cl2NO2/c1-9-2-3-10-7-15(21-14(10)6-9)16(20)19-13-8-11(17)4-5-12(13)18/h2-8H,1H3,(H,19,20). The number of furan rings is 1. The molecule has 3 rings (SSSR count). The van der Waals surface area contributed by atoms with Crippen LogP contribution in [0.1, 0.15) is 16.1 Å². The van der Waals surface area contributed by atoms with Crippen molar-refractivity contribution in [1.82, 2.24) is 0 Å². The van der Waals surface area contributed by atoms with E-state index in [4.69, 9.17) is 27.6 Å². The topological polar surface area (TPSA) is 42.2 Å². The molecule has 0 spiro atoms. The van der Waals surface area contributed by atoms with E-state index in [2.05, 4.69) is 5.32 Å². The zero-order valence-electron chi connectivity index (χ0n) is 11.1. The number of hydrogen-bond donors (Lipinski definition) is 1. The Morgan fingerprint density at radius 3 is 2.71 bits per heavy atom. The van der Waals surface area contributed by atoms with Crippen LogP contribution >= 0.6 is 23.2 Å². The van der Waals surface area contributed by atoms with Crippen LogP contribution in [0.2, 0.25) is 10.0 Å². The molecule has 0 aliphatic heterocycles. The summed E-state index contributed by atoms with van der Waals surface area (Å²) in [6.45, 7) is 1.97. The largest absolute Gasteiger partial charge is 0.451 e. The maximum Gasteiger partial charge on any atom is 0.291 e. The van der Waals surface area contributed by atoms with E-state index < -0.39 is 0 Å². The number of anilines is 1. The summed E-state index contributed by atoms with van der Waals surface area (Å²) in [5.41, 5.74) is 2.20. The molecule has 3 aromatic rings. The Kier molecular flexibility index (Phi) is 3.62. The van der Waals surface area contributed by atoms with Gasteiger partial charge in [-0.25, -0.2) is 0 Å². The van der Waals surface area contributed by atoms with Gasteiger partial charge in [-0.1, -0.05) is 35.3 Å². The lowest BCUT2D eigenvalue weighted by Gasteiger charge is -2.05. The molecule has 2 aromatic carbocycles. The highest BCUT2D eigenvalue weighted by atomic mass is 35.5. The van der Waals surface area contributed by atoms with Gasteiger partial charge in [0.05, 0.1) is 10.7 Å². The van der Waals surface area contributed by atoms with E-state index in [1.807, 2.05) is 25.1 Å². The monoisotopic (exact) mass is 319 g/mol. The van der Waals surface area contributed by atoms with Crippen molar-refractivity contribution in [3.63, 3.8) is 0 Å². The molecule has 106 valence electrons. The van der Waals surface area contributed by atoms with Crippen LogP contribution in [-0.2, 0) is 0 Å². The van der Waals surface area contributed by atoms with Crippen molar-refractivity contribution < 1.29 is 9.21 Å². The fraction of sp³-hybridized carbons (Fsp3) is 0.0625. The Morgan fingerprint density at radius 1 is 1.10 bits per heavy atom. The number of benzene rings is 2. The summed E-state index contributed by atoms with van der Waals surface area (Å²) < 4.78 is 5.56. The van der Waals surface area contributed by atoms with E-state index in [0.717, 1.165) is 10.9 Å². The molecule has 1 amide bonds. The van der Waals surface area contributed by atoms with E-state index in [-0.39, 0.29) is 11.7 Å². The number of amides is 1. The maximum atomic E-state index is 12.2. The molecule has 1 aromatic heterocycles. The van der Waals surface area contributed by atoms with Gasteiger partial charge >= 0.3 is 0 Å². The fourth-order valence-electron chi connectivity index (χ4n) is 2.03. The van der Waals surface area contributed by atoms with Gasteiger partial charge in [0, 0.05) is 10.4 Å². The second kappa shape index (κ2) is 5.43. The van der Waals surface area contributed by atoms with Gasteiger partial charge in [-0.05, 0) is 42.8 Å². The van der Waals surface area contributed by atoms with Crippen molar-refractivity contribution in [3.05, 3.63) is 63.8 Å². The summed E-state index contributed by atoms with van der Waals surface area (Å²) in [4.78, 5) is 12.2. The third-order valence-electron chi connectivity index (χ3n) is 3.08. The average molecular weight is 320 g/mol. The molecule has 3 nitrogen and oxygen atoms in total. The summed E-state index contributed by atoms with van der Waals surface area (Å²) in [5.74, 6) is -0.139. The molecule has 0 unspecified atom stereocenters. The first-order chi connectivity index (χ1) is 10.0. The van der Waals surface area contributed by atoms with Crippen molar-refractivity contribution in [2.45, 2.75) is 6.92 Å². The summed E-state index contributed by atoms with van der Waals surface area (Å²) in [5, 5.41) is 4.48. The SMILES string of the molecule is Cc1ccc2cc(C(=O)Nc3cc(Cl)ccc3Cl)oc2c1. The maximum absolute atomic E-state index is 12.2. The first-order valence-corrected chi connectivity index (χ1v) is 7.05. The minimum atomic E-state index is -0.368. The van der Waals surface area contributed by atoms with Crippen LogP contribution in [-0.4, -0.2) is 5.91 Å². The third kappa shape index (κ3) is 2.89. The summed E-state index contributed by atoms with van der Waals surface area (Å²) >= 11 is 11.9. The first-order valence-electron chi connectivity index (χ1n) is 6.29. The molecule has 1 N–H and O–H groups in total. The highest BCUT2D eigenvalue weighted by molar-refractivity contribution is 6.35. The van der Waals surface area contributed by atoms with E-state index in [1.165, 1.54) is 0 Å². The molecular formula is C16H11Cl2NO2. The molecule has 1 heterocycles. The second-order valence-corrected chi connectivity index (χ2v) is 5.57.